The molecule has 2 aromatic carbocycles. The summed E-state index contributed by atoms with van der Waals surface area (Å²) in [5, 5.41) is 0. The molecule has 0 aliphatic carbocycles. The highest BCUT2D eigenvalue weighted by Crippen LogP contribution is 2.33. The van der Waals surface area contributed by atoms with Crippen molar-refractivity contribution in [2.24, 2.45) is 0 Å². The fourth-order valence-electron chi connectivity index (χ4n) is 2.17. The van der Waals surface area contributed by atoms with E-state index in [-0.39, 0.29) is 0 Å². The molecule has 20 heavy (non-hydrogen) atoms. The molecule has 1 aromatic heterocycles. The maximum Gasteiger partial charge on any atom is 0.206 e. The smallest absolute Gasteiger partial charge is 0.206 e. The minimum atomic E-state index is 0.420. The summed E-state index contributed by atoms with van der Waals surface area (Å²) < 4.78 is 9.14. The number of methoxy groups -OCH3 is 1. The van der Waals surface area contributed by atoms with Crippen LogP contribution in [0, 0.1) is 0 Å². The van der Waals surface area contributed by atoms with Crippen molar-refractivity contribution in [1.29, 1.82) is 0 Å². The first kappa shape index (κ1) is 13.5. The van der Waals surface area contributed by atoms with Crippen LogP contribution in [0.4, 0.5) is 5.95 Å². The summed E-state index contributed by atoms with van der Waals surface area (Å²) >= 11 is 7.03. The lowest BCUT2D eigenvalue weighted by Crippen LogP contribution is -2.01. The number of hydrogen-bond donors (Lipinski definition) is 1. The van der Waals surface area contributed by atoms with Gasteiger partial charge in [-0.05, 0) is 46.3 Å². The average molecular weight is 397 g/mol. The number of fused-ring (bicyclic) bond motifs is 1. The zero-order valence-electron chi connectivity index (χ0n) is 10.6. The van der Waals surface area contributed by atoms with E-state index in [2.05, 4.69) is 36.8 Å². The molecule has 0 saturated heterocycles. The molecule has 0 aliphatic rings. The summed E-state index contributed by atoms with van der Waals surface area (Å²) in [5.41, 5.74) is 8.66. The zero-order valence-corrected chi connectivity index (χ0v) is 13.8. The molecule has 0 unspecified atom stereocenters. The fourth-order valence-corrected chi connectivity index (χ4v) is 2.94. The highest BCUT2D eigenvalue weighted by atomic mass is 79.9. The van der Waals surface area contributed by atoms with Crippen LogP contribution >= 0.6 is 31.9 Å². The second-order valence-corrected chi connectivity index (χ2v) is 6.00. The highest BCUT2D eigenvalue weighted by molar-refractivity contribution is 9.11. The van der Waals surface area contributed by atoms with Crippen molar-refractivity contribution in [2.45, 2.75) is 0 Å². The van der Waals surface area contributed by atoms with E-state index in [4.69, 9.17) is 10.5 Å². The van der Waals surface area contributed by atoms with E-state index in [1.54, 1.807) is 7.11 Å². The van der Waals surface area contributed by atoms with Gasteiger partial charge in [-0.1, -0.05) is 22.0 Å². The molecule has 0 bridgehead atoms. The van der Waals surface area contributed by atoms with Gasteiger partial charge < -0.3 is 10.5 Å². The Hall–Kier alpha value is -1.53. The first-order chi connectivity index (χ1) is 9.61. The maximum absolute atomic E-state index is 6.09. The quantitative estimate of drug-likeness (QED) is 0.708. The van der Waals surface area contributed by atoms with Gasteiger partial charge in [0.1, 0.15) is 11.3 Å². The predicted octanol–water partition coefficient (Wildman–Crippen LogP) is 4.14. The predicted molar refractivity (Wildman–Crippen MR) is 87.4 cm³/mol. The number of nitrogens with two attached hydrogens (primary N) is 1. The second kappa shape index (κ2) is 5.10. The maximum atomic E-state index is 6.09. The van der Waals surface area contributed by atoms with Gasteiger partial charge >= 0.3 is 0 Å². The van der Waals surface area contributed by atoms with Gasteiger partial charge in [-0.2, -0.15) is 0 Å². The summed E-state index contributed by atoms with van der Waals surface area (Å²) in [4.78, 5) is 4.41. The fraction of sp³-hybridized carbons (Fsp3) is 0.0714. The van der Waals surface area contributed by atoms with Crippen LogP contribution < -0.4 is 10.5 Å². The Balaban J connectivity index is 2.37. The molecule has 0 fully saturated rings. The van der Waals surface area contributed by atoms with E-state index in [0.717, 1.165) is 25.7 Å². The molecular weight excluding hydrogens is 386 g/mol. The third-order valence-corrected chi connectivity index (χ3v) is 4.21. The van der Waals surface area contributed by atoms with Crippen molar-refractivity contribution in [3.63, 3.8) is 0 Å². The number of benzene rings is 2. The van der Waals surface area contributed by atoms with Gasteiger partial charge in [-0.3, -0.25) is 4.57 Å². The third-order valence-electron chi connectivity index (χ3n) is 3.04. The standard InChI is InChI=1S/C14H11Br2N3O/c1-20-12-4-2-3-10-13(12)18-14(17)19(10)11-7-8(15)5-6-9(11)16/h2-7H,1H3,(H2,17,18). The monoisotopic (exact) mass is 395 g/mol. The Labute approximate surface area is 132 Å². The van der Waals surface area contributed by atoms with Crippen molar-refractivity contribution in [2.75, 3.05) is 12.8 Å². The van der Waals surface area contributed by atoms with Crippen molar-refractivity contribution < 1.29 is 4.74 Å². The van der Waals surface area contributed by atoms with Crippen molar-refractivity contribution >= 4 is 48.8 Å². The molecule has 102 valence electrons. The number of hydrogen-bond acceptors (Lipinski definition) is 3. The van der Waals surface area contributed by atoms with Gasteiger partial charge in [0.25, 0.3) is 0 Å². The number of aromatic nitrogens is 2. The number of para-hydroxylation sites is 1. The van der Waals surface area contributed by atoms with E-state index < -0.39 is 0 Å². The van der Waals surface area contributed by atoms with Crippen molar-refractivity contribution in [3.05, 3.63) is 45.3 Å². The second-order valence-electron chi connectivity index (χ2n) is 4.23. The Morgan fingerprint density at radius 1 is 1.20 bits per heavy atom. The summed E-state index contributed by atoms with van der Waals surface area (Å²) in [6, 6.07) is 11.7. The summed E-state index contributed by atoms with van der Waals surface area (Å²) in [7, 11) is 1.62. The minimum Gasteiger partial charge on any atom is -0.494 e. The molecule has 0 spiro atoms. The topological polar surface area (TPSA) is 53.1 Å². The van der Waals surface area contributed by atoms with Crippen LogP contribution in [0.2, 0.25) is 0 Å². The molecule has 0 radical (unpaired) electrons. The van der Waals surface area contributed by atoms with Crippen LogP contribution in [0.15, 0.2) is 45.3 Å². The normalized spacial score (nSPS) is 10.9. The number of rotatable bonds is 2. The number of nitrogen functional groups attached to an aromatic ring is 1. The van der Waals surface area contributed by atoms with E-state index in [9.17, 15) is 0 Å². The zero-order chi connectivity index (χ0) is 14.3. The SMILES string of the molecule is COc1cccc2c1nc(N)n2-c1cc(Br)ccc1Br. The van der Waals surface area contributed by atoms with Gasteiger partial charge in [0.2, 0.25) is 5.95 Å². The number of ether oxygens (including phenoxy) is 1. The van der Waals surface area contributed by atoms with Crippen LogP contribution in [0.25, 0.3) is 16.7 Å². The molecule has 0 aliphatic heterocycles. The van der Waals surface area contributed by atoms with Crippen LogP contribution in [0.3, 0.4) is 0 Å². The van der Waals surface area contributed by atoms with Crippen LogP contribution in [0.5, 0.6) is 5.75 Å². The lowest BCUT2D eigenvalue weighted by molar-refractivity contribution is 0.419. The first-order valence-corrected chi connectivity index (χ1v) is 7.47. The van der Waals surface area contributed by atoms with E-state index in [0.29, 0.717) is 11.7 Å². The molecular formula is C14H11Br2N3O. The van der Waals surface area contributed by atoms with Crippen molar-refractivity contribution in [1.82, 2.24) is 9.55 Å². The van der Waals surface area contributed by atoms with Gasteiger partial charge in [0, 0.05) is 8.95 Å². The van der Waals surface area contributed by atoms with E-state index in [1.165, 1.54) is 0 Å². The third kappa shape index (κ3) is 2.09. The lowest BCUT2D eigenvalue weighted by atomic mass is 10.2. The minimum absolute atomic E-state index is 0.420. The molecule has 4 nitrogen and oxygen atoms in total. The van der Waals surface area contributed by atoms with E-state index in [1.807, 2.05) is 41.0 Å². The molecule has 0 saturated carbocycles. The van der Waals surface area contributed by atoms with Gasteiger partial charge in [-0.25, -0.2) is 4.98 Å². The molecule has 0 atom stereocenters. The number of imidazole rings is 1. The summed E-state index contributed by atoms with van der Waals surface area (Å²) in [5.74, 6) is 1.13. The molecule has 1 heterocycles. The van der Waals surface area contributed by atoms with Gasteiger partial charge in [-0.15, -0.1) is 0 Å². The first-order valence-electron chi connectivity index (χ1n) is 5.88. The Kier molecular flexibility index (Phi) is 3.43. The average Bonchev–Trinajstić information content (AvgIpc) is 2.77. The molecule has 6 heteroatoms. The number of halogens is 2. The lowest BCUT2D eigenvalue weighted by Gasteiger charge is -2.09. The molecule has 3 aromatic rings. The summed E-state index contributed by atoms with van der Waals surface area (Å²) in [6.07, 6.45) is 0. The molecule has 2 N–H and O–H groups in total. The number of anilines is 1. The van der Waals surface area contributed by atoms with Gasteiger partial charge in [0.05, 0.1) is 18.3 Å². The van der Waals surface area contributed by atoms with Crippen molar-refractivity contribution in [3.8, 4) is 11.4 Å². The largest absolute Gasteiger partial charge is 0.494 e. The Bertz CT molecular complexity index is 798. The Morgan fingerprint density at radius 2 is 2.00 bits per heavy atom. The molecule has 0 amide bonds. The number of nitrogens with zero attached hydrogens (tertiary/aromatic N) is 2. The van der Waals surface area contributed by atoms with Crippen LogP contribution in [-0.4, -0.2) is 16.7 Å². The van der Waals surface area contributed by atoms with Gasteiger partial charge in [0.15, 0.2) is 0 Å². The van der Waals surface area contributed by atoms with Crippen LogP contribution in [-0.2, 0) is 0 Å². The van der Waals surface area contributed by atoms with Crippen LogP contribution in [0.1, 0.15) is 0 Å². The Morgan fingerprint density at radius 3 is 2.75 bits per heavy atom. The molecule has 3 rings (SSSR count). The van der Waals surface area contributed by atoms with E-state index >= 15 is 0 Å². The summed E-state index contributed by atoms with van der Waals surface area (Å²) in [6.45, 7) is 0. The highest BCUT2D eigenvalue weighted by Gasteiger charge is 2.15.